The van der Waals surface area contributed by atoms with Crippen molar-refractivity contribution >= 4 is 11.6 Å². The molecule has 3 N–H and O–H groups in total. The normalized spacial score (nSPS) is 15.6. The summed E-state index contributed by atoms with van der Waals surface area (Å²) in [6.07, 6.45) is 3.64. The van der Waals surface area contributed by atoms with Crippen molar-refractivity contribution in [2.45, 2.75) is 26.2 Å². The van der Waals surface area contributed by atoms with Crippen LogP contribution in [0.4, 0.5) is 5.69 Å². The highest BCUT2D eigenvalue weighted by molar-refractivity contribution is 5.96. The van der Waals surface area contributed by atoms with Crippen LogP contribution in [0.5, 0.6) is 0 Å². The first-order valence-corrected chi connectivity index (χ1v) is 7.03. The third kappa shape index (κ3) is 3.96. The van der Waals surface area contributed by atoms with Gasteiger partial charge in [-0.1, -0.05) is 6.07 Å². The summed E-state index contributed by atoms with van der Waals surface area (Å²) in [6, 6.07) is 5.44. The molecule has 19 heavy (non-hydrogen) atoms. The summed E-state index contributed by atoms with van der Waals surface area (Å²) in [6.45, 7) is 6.16. The molecule has 4 heteroatoms. The molecule has 1 aliphatic heterocycles. The average molecular weight is 261 g/mol. The third-order valence-corrected chi connectivity index (χ3v) is 3.64. The maximum atomic E-state index is 12.0. The second-order valence-electron chi connectivity index (χ2n) is 5.23. The van der Waals surface area contributed by atoms with Gasteiger partial charge in [0.05, 0.1) is 0 Å². The van der Waals surface area contributed by atoms with E-state index < -0.39 is 0 Å². The summed E-state index contributed by atoms with van der Waals surface area (Å²) in [5.74, 6) is -0.0220. The predicted octanol–water partition coefficient (Wildman–Crippen LogP) is 1.79. The highest BCUT2D eigenvalue weighted by Gasteiger charge is 2.11. The Morgan fingerprint density at radius 1 is 1.37 bits per heavy atom. The van der Waals surface area contributed by atoms with E-state index in [1.54, 1.807) is 6.07 Å². The van der Waals surface area contributed by atoms with Crippen LogP contribution in [0.3, 0.4) is 0 Å². The first-order chi connectivity index (χ1) is 9.16. The van der Waals surface area contributed by atoms with Crippen LogP contribution in [0.1, 0.15) is 35.2 Å². The number of anilines is 1. The van der Waals surface area contributed by atoms with E-state index in [1.165, 1.54) is 25.9 Å². The molecular weight excluding hydrogens is 238 g/mol. The Labute approximate surface area is 115 Å². The topological polar surface area (TPSA) is 58.4 Å². The van der Waals surface area contributed by atoms with Gasteiger partial charge in [0.15, 0.2) is 0 Å². The molecule has 4 nitrogen and oxygen atoms in total. The van der Waals surface area contributed by atoms with Gasteiger partial charge >= 0.3 is 0 Å². The van der Waals surface area contributed by atoms with E-state index in [1.807, 2.05) is 19.1 Å². The number of benzene rings is 1. The number of carbonyl (C=O) groups excluding carboxylic acids is 1. The van der Waals surface area contributed by atoms with Gasteiger partial charge in [-0.2, -0.15) is 0 Å². The minimum atomic E-state index is -0.0220. The standard InChI is InChI=1S/C15H23N3O/c1-12-5-6-13(16)11-14(12)15(19)17-7-4-10-18-8-2-3-9-18/h5-6,11H,2-4,7-10,16H2,1H3,(H,17,19). The van der Waals surface area contributed by atoms with Gasteiger partial charge in [-0.25, -0.2) is 0 Å². The summed E-state index contributed by atoms with van der Waals surface area (Å²) >= 11 is 0. The van der Waals surface area contributed by atoms with Crippen LogP contribution in [0.25, 0.3) is 0 Å². The lowest BCUT2D eigenvalue weighted by atomic mass is 10.1. The smallest absolute Gasteiger partial charge is 0.251 e. The van der Waals surface area contributed by atoms with Crippen molar-refractivity contribution in [1.82, 2.24) is 10.2 Å². The van der Waals surface area contributed by atoms with Gasteiger partial charge in [0.1, 0.15) is 0 Å². The predicted molar refractivity (Wildman–Crippen MR) is 78.2 cm³/mol. The monoisotopic (exact) mass is 261 g/mol. The van der Waals surface area contributed by atoms with Crippen molar-refractivity contribution in [3.63, 3.8) is 0 Å². The Morgan fingerprint density at radius 3 is 2.84 bits per heavy atom. The molecule has 1 aromatic rings. The van der Waals surface area contributed by atoms with Crippen LogP contribution in [-0.2, 0) is 0 Å². The number of nitrogens with two attached hydrogens (primary N) is 1. The largest absolute Gasteiger partial charge is 0.399 e. The number of nitrogens with one attached hydrogen (secondary N) is 1. The fraction of sp³-hybridized carbons (Fsp3) is 0.533. The fourth-order valence-corrected chi connectivity index (χ4v) is 2.49. The number of aryl methyl sites for hydroxylation is 1. The van der Waals surface area contributed by atoms with Gasteiger partial charge in [0, 0.05) is 17.8 Å². The zero-order chi connectivity index (χ0) is 13.7. The second kappa shape index (κ2) is 6.57. The lowest BCUT2D eigenvalue weighted by molar-refractivity contribution is 0.0951. The van der Waals surface area contributed by atoms with Gasteiger partial charge in [0.25, 0.3) is 5.91 Å². The molecule has 0 spiro atoms. The van der Waals surface area contributed by atoms with Crippen molar-refractivity contribution < 1.29 is 4.79 Å². The highest BCUT2D eigenvalue weighted by atomic mass is 16.1. The molecule has 1 aromatic carbocycles. The van der Waals surface area contributed by atoms with E-state index in [9.17, 15) is 4.79 Å². The Hall–Kier alpha value is -1.55. The van der Waals surface area contributed by atoms with E-state index in [4.69, 9.17) is 5.73 Å². The number of rotatable bonds is 5. The van der Waals surface area contributed by atoms with Crippen LogP contribution in [-0.4, -0.2) is 37.0 Å². The number of nitrogen functional groups attached to an aromatic ring is 1. The molecule has 104 valence electrons. The molecule has 0 saturated carbocycles. The molecule has 0 atom stereocenters. The SMILES string of the molecule is Cc1ccc(N)cc1C(=O)NCCCN1CCCC1. The molecule has 0 unspecified atom stereocenters. The molecular formula is C15H23N3O. The Balaban J connectivity index is 1.75. The Bertz CT molecular complexity index is 439. The number of nitrogens with zero attached hydrogens (tertiary/aromatic N) is 1. The first-order valence-electron chi connectivity index (χ1n) is 7.03. The van der Waals surface area contributed by atoms with E-state index in [-0.39, 0.29) is 5.91 Å². The minimum Gasteiger partial charge on any atom is -0.399 e. The summed E-state index contributed by atoms with van der Waals surface area (Å²) in [5.41, 5.74) is 7.99. The van der Waals surface area contributed by atoms with Gasteiger partial charge in [-0.3, -0.25) is 4.79 Å². The van der Waals surface area contributed by atoms with Crippen LogP contribution < -0.4 is 11.1 Å². The zero-order valence-electron chi connectivity index (χ0n) is 11.6. The van der Waals surface area contributed by atoms with E-state index >= 15 is 0 Å². The maximum Gasteiger partial charge on any atom is 0.251 e. The van der Waals surface area contributed by atoms with Crippen molar-refractivity contribution in [1.29, 1.82) is 0 Å². The van der Waals surface area contributed by atoms with E-state index in [0.29, 0.717) is 11.3 Å². The molecule has 0 aliphatic carbocycles. The van der Waals surface area contributed by atoms with Gasteiger partial charge < -0.3 is 16.0 Å². The molecule has 1 saturated heterocycles. The molecule has 1 aliphatic rings. The third-order valence-electron chi connectivity index (χ3n) is 3.64. The van der Waals surface area contributed by atoms with E-state index in [2.05, 4.69) is 10.2 Å². The van der Waals surface area contributed by atoms with Crippen LogP contribution in [0.15, 0.2) is 18.2 Å². The minimum absolute atomic E-state index is 0.0220. The zero-order valence-corrected chi connectivity index (χ0v) is 11.6. The van der Waals surface area contributed by atoms with Gasteiger partial charge in [-0.05, 0) is 63.5 Å². The molecule has 1 amide bonds. The van der Waals surface area contributed by atoms with Crippen molar-refractivity contribution in [3.05, 3.63) is 29.3 Å². The van der Waals surface area contributed by atoms with Crippen molar-refractivity contribution in [2.75, 3.05) is 31.9 Å². The average Bonchev–Trinajstić information content (AvgIpc) is 2.90. The van der Waals surface area contributed by atoms with Crippen molar-refractivity contribution in [3.8, 4) is 0 Å². The van der Waals surface area contributed by atoms with Crippen molar-refractivity contribution in [2.24, 2.45) is 0 Å². The van der Waals surface area contributed by atoms with Gasteiger partial charge in [-0.15, -0.1) is 0 Å². The molecule has 0 radical (unpaired) electrons. The summed E-state index contributed by atoms with van der Waals surface area (Å²) in [4.78, 5) is 14.5. The van der Waals surface area contributed by atoms with Crippen LogP contribution in [0, 0.1) is 6.92 Å². The number of amides is 1. The quantitative estimate of drug-likeness (QED) is 0.627. The fourth-order valence-electron chi connectivity index (χ4n) is 2.49. The van der Waals surface area contributed by atoms with Crippen LogP contribution in [0.2, 0.25) is 0 Å². The molecule has 0 aromatic heterocycles. The highest BCUT2D eigenvalue weighted by Crippen LogP contribution is 2.12. The van der Waals surface area contributed by atoms with E-state index in [0.717, 1.165) is 25.1 Å². The Kier molecular flexibility index (Phi) is 4.80. The number of hydrogen-bond donors (Lipinski definition) is 2. The summed E-state index contributed by atoms with van der Waals surface area (Å²) in [7, 11) is 0. The maximum absolute atomic E-state index is 12.0. The Morgan fingerprint density at radius 2 is 2.11 bits per heavy atom. The summed E-state index contributed by atoms with van der Waals surface area (Å²) in [5, 5.41) is 2.97. The first kappa shape index (κ1) is 13.9. The lowest BCUT2D eigenvalue weighted by Crippen LogP contribution is -2.29. The van der Waals surface area contributed by atoms with Crippen LogP contribution >= 0.6 is 0 Å². The second-order valence-corrected chi connectivity index (χ2v) is 5.23. The lowest BCUT2D eigenvalue weighted by Gasteiger charge is -2.14. The number of likely N-dealkylation sites (tertiary alicyclic amines) is 1. The molecule has 0 bridgehead atoms. The number of hydrogen-bond acceptors (Lipinski definition) is 3. The molecule has 2 rings (SSSR count). The number of carbonyl (C=O) groups is 1. The van der Waals surface area contributed by atoms with Gasteiger partial charge in [0.2, 0.25) is 0 Å². The summed E-state index contributed by atoms with van der Waals surface area (Å²) < 4.78 is 0. The molecule has 1 fully saturated rings. The molecule has 1 heterocycles.